The highest BCUT2D eigenvalue weighted by Gasteiger charge is 2.23. The van der Waals surface area contributed by atoms with E-state index in [1.807, 2.05) is 23.1 Å². The molecule has 0 aliphatic carbocycles. The first-order chi connectivity index (χ1) is 13.3. The summed E-state index contributed by atoms with van der Waals surface area (Å²) in [4.78, 5) is 14.8. The molecule has 0 saturated carbocycles. The van der Waals surface area contributed by atoms with Crippen LogP contribution in [0.15, 0.2) is 30.3 Å². The molecule has 1 aliphatic heterocycles. The van der Waals surface area contributed by atoms with E-state index >= 15 is 0 Å². The van der Waals surface area contributed by atoms with Crippen LogP contribution in [0.1, 0.15) is 56.1 Å². The molecule has 2 aromatic rings. The summed E-state index contributed by atoms with van der Waals surface area (Å²) in [7, 11) is 0. The van der Waals surface area contributed by atoms with Crippen molar-refractivity contribution in [3.8, 4) is 0 Å². The van der Waals surface area contributed by atoms with E-state index in [4.69, 9.17) is 4.74 Å². The monoisotopic (exact) mass is 384 g/mol. The Hall–Kier alpha value is -2.34. The average Bonchev–Trinajstić information content (AvgIpc) is 3.32. The Bertz CT molecular complexity index is 788. The van der Waals surface area contributed by atoms with E-state index in [0.717, 1.165) is 36.4 Å². The Labute approximate surface area is 167 Å². The summed E-state index contributed by atoms with van der Waals surface area (Å²) in [5, 5.41) is 10.4. The van der Waals surface area contributed by atoms with Crippen LogP contribution in [0.4, 0.5) is 4.79 Å². The lowest BCUT2D eigenvalue weighted by Crippen LogP contribution is -2.43. The molecule has 1 aromatic heterocycles. The van der Waals surface area contributed by atoms with Crippen LogP contribution in [-0.4, -0.2) is 40.4 Å². The lowest BCUT2D eigenvalue weighted by Gasteiger charge is -2.26. The van der Waals surface area contributed by atoms with Crippen LogP contribution in [0.2, 0.25) is 0 Å². The highest BCUT2D eigenvalue weighted by molar-refractivity contribution is 5.74. The number of aromatic amines is 1. The van der Waals surface area contributed by atoms with Crippen molar-refractivity contribution in [1.29, 1.82) is 0 Å². The van der Waals surface area contributed by atoms with Crippen LogP contribution >= 0.6 is 0 Å². The zero-order valence-corrected chi connectivity index (χ0v) is 17.4. The second-order valence-corrected chi connectivity index (χ2v) is 8.63. The summed E-state index contributed by atoms with van der Waals surface area (Å²) >= 11 is 0. The number of carbonyl (C=O) groups is 1. The third-order valence-electron chi connectivity index (χ3n) is 5.19. The standard InChI is InChI=1S/C22H32N4O2/c1-16-8-5-6-9-17(16)14-26(15-19-10-7-11-28-19)21(27)23-13-18-12-20(25-24-18)22(2,3)4/h5-6,8-9,12,19H,7,10-11,13-15H2,1-4H3,(H,23,27)(H,24,25). The van der Waals surface area contributed by atoms with Crippen molar-refractivity contribution >= 4 is 6.03 Å². The molecule has 152 valence electrons. The van der Waals surface area contributed by atoms with Gasteiger partial charge in [0.15, 0.2) is 0 Å². The second kappa shape index (κ2) is 8.78. The molecular formula is C22H32N4O2. The maximum atomic E-state index is 12.9. The van der Waals surface area contributed by atoms with Gasteiger partial charge in [-0.25, -0.2) is 4.79 Å². The number of H-pyrrole nitrogens is 1. The highest BCUT2D eigenvalue weighted by Crippen LogP contribution is 2.20. The molecule has 1 saturated heterocycles. The van der Waals surface area contributed by atoms with Crippen molar-refractivity contribution in [2.24, 2.45) is 0 Å². The number of rotatable bonds is 6. The van der Waals surface area contributed by atoms with Gasteiger partial charge in [-0.1, -0.05) is 45.0 Å². The fourth-order valence-corrected chi connectivity index (χ4v) is 3.37. The minimum atomic E-state index is -0.0781. The van der Waals surface area contributed by atoms with E-state index in [9.17, 15) is 4.79 Å². The molecule has 1 aromatic carbocycles. The number of aryl methyl sites for hydroxylation is 1. The molecule has 2 N–H and O–H groups in total. The van der Waals surface area contributed by atoms with E-state index < -0.39 is 0 Å². The highest BCUT2D eigenvalue weighted by atomic mass is 16.5. The predicted octanol–water partition coefficient (Wildman–Crippen LogP) is 3.91. The van der Waals surface area contributed by atoms with Gasteiger partial charge in [0.25, 0.3) is 0 Å². The Morgan fingerprint density at radius 1 is 1.36 bits per heavy atom. The number of ether oxygens (including phenoxy) is 1. The molecule has 0 bridgehead atoms. The van der Waals surface area contributed by atoms with Crippen molar-refractivity contribution < 1.29 is 9.53 Å². The Balaban J connectivity index is 1.65. The van der Waals surface area contributed by atoms with Gasteiger partial charge in [0, 0.05) is 25.1 Å². The first-order valence-corrected chi connectivity index (χ1v) is 10.1. The summed E-state index contributed by atoms with van der Waals surface area (Å²) in [6, 6.07) is 10.1. The van der Waals surface area contributed by atoms with Gasteiger partial charge in [-0.2, -0.15) is 5.10 Å². The molecule has 2 amide bonds. The van der Waals surface area contributed by atoms with E-state index in [1.54, 1.807) is 0 Å². The number of urea groups is 1. The minimum Gasteiger partial charge on any atom is -0.376 e. The number of nitrogens with one attached hydrogen (secondary N) is 2. The molecule has 2 heterocycles. The molecule has 28 heavy (non-hydrogen) atoms. The van der Waals surface area contributed by atoms with E-state index in [-0.39, 0.29) is 17.6 Å². The Morgan fingerprint density at radius 3 is 2.79 bits per heavy atom. The fraction of sp³-hybridized carbons (Fsp3) is 0.545. The zero-order chi connectivity index (χ0) is 20.1. The van der Waals surface area contributed by atoms with Gasteiger partial charge >= 0.3 is 6.03 Å². The van der Waals surface area contributed by atoms with Crippen molar-refractivity contribution in [3.63, 3.8) is 0 Å². The smallest absolute Gasteiger partial charge is 0.318 e. The lowest BCUT2D eigenvalue weighted by atomic mass is 9.92. The molecular weight excluding hydrogens is 352 g/mol. The number of benzene rings is 1. The van der Waals surface area contributed by atoms with Crippen LogP contribution in [0.25, 0.3) is 0 Å². The van der Waals surface area contributed by atoms with Crippen molar-refractivity contribution in [2.45, 2.75) is 65.1 Å². The molecule has 1 fully saturated rings. The lowest BCUT2D eigenvalue weighted by molar-refractivity contribution is 0.0793. The Kier molecular flexibility index (Phi) is 6.39. The first kappa shape index (κ1) is 20.4. The van der Waals surface area contributed by atoms with Crippen molar-refractivity contribution in [2.75, 3.05) is 13.2 Å². The van der Waals surface area contributed by atoms with Gasteiger partial charge < -0.3 is 15.0 Å². The topological polar surface area (TPSA) is 70.2 Å². The second-order valence-electron chi connectivity index (χ2n) is 8.63. The summed E-state index contributed by atoms with van der Waals surface area (Å²) in [6.45, 7) is 10.8. The number of nitrogens with zero attached hydrogens (tertiary/aromatic N) is 2. The molecule has 6 heteroatoms. The third kappa shape index (κ3) is 5.35. The van der Waals surface area contributed by atoms with Gasteiger partial charge in [-0.3, -0.25) is 5.10 Å². The molecule has 6 nitrogen and oxygen atoms in total. The third-order valence-corrected chi connectivity index (χ3v) is 5.19. The largest absolute Gasteiger partial charge is 0.376 e. The summed E-state index contributed by atoms with van der Waals surface area (Å²) in [5.74, 6) is 0. The number of hydrogen-bond donors (Lipinski definition) is 2. The summed E-state index contributed by atoms with van der Waals surface area (Å²) in [5.41, 5.74) is 4.23. The van der Waals surface area contributed by atoms with Gasteiger partial charge in [0.05, 0.1) is 24.0 Å². The molecule has 1 unspecified atom stereocenters. The van der Waals surface area contributed by atoms with Crippen molar-refractivity contribution in [3.05, 3.63) is 52.8 Å². The van der Waals surface area contributed by atoms with Crippen LogP contribution in [0.5, 0.6) is 0 Å². The SMILES string of the molecule is Cc1ccccc1CN(CC1CCCO1)C(=O)NCc1cc(C(C)(C)C)n[nH]1. The Morgan fingerprint density at radius 2 is 2.14 bits per heavy atom. The average molecular weight is 385 g/mol. The van der Waals surface area contributed by atoms with E-state index in [2.05, 4.69) is 55.3 Å². The molecule has 0 radical (unpaired) electrons. The zero-order valence-electron chi connectivity index (χ0n) is 17.4. The summed E-state index contributed by atoms with van der Waals surface area (Å²) in [6.07, 6.45) is 2.19. The van der Waals surface area contributed by atoms with E-state index in [1.165, 1.54) is 5.56 Å². The van der Waals surface area contributed by atoms with Gasteiger partial charge in [-0.05, 0) is 37.0 Å². The normalized spacial score (nSPS) is 16.9. The molecule has 3 rings (SSSR count). The quantitative estimate of drug-likeness (QED) is 0.793. The van der Waals surface area contributed by atoms with Gasteiger partial charge in [0.2, 0.25) is 0 Å². The van der Waals surface area contributed by atoms with Crippen LogP contribution in [0.3, 0.4) is 0 Å². The molecule has 0 spiro atoms. The van der Waals surface area contributed by atoms with Crippen LogP contribution in [-0.2, 0) is 23.2 Å². The number of hydrogen-bond acceptors (Lipinski definition) is 3. The van der Waals surface area contributed by atoms with Crippen molar-refractivity contribution in [1.82, 2.24) is 20.4 Å². The number of aromatic nitrogens is 2. The van der Waals surface area contributed by atoms with Crippen LogP contribution in [0, 0.1) is 6.92 Å². The first-order valence-electron chi connectivity index (χ1n) is 10.1. The fourth-order valence-electron chi connectivity index (χ4n) is 3.37. The van der Waals surface area contributed by atoms with E-state index in [0.29, 0.717) is 19.6 Å². The maximum absolute atomic E-state index is 12.9. The van der Waals surface area contributed by atoms with Gasteiger partial charge in [-0.15, -0.1) is 0 Å². The molecule has 1 aliphatic rings. The van der Waals surface area contributed by atoms with Gasteiger partial charge in [0.1, 0.15) is 0 Å². The predicted molar refractivity (Wildman–Crippen MR) is 110 cm³/mol. The van der Waals surface area contributed by atoms with Crippen LogP contribution < -0.4 is 5.32 Å². The number of carbonyl (C=O) groups excluding carboxylic acids is 1. The minimum absolute atomic E-state index is 0.0184. The summed E-state index contributed by atoms with van der Waals surface area (Å²) < 4.78 is 5.77. The molecule has 1 atom stereocenters. The number of amides is 2. The maximum Gasteiger partial charge on any atom is 0.318 e.